The molecule has 0 heterocycles. The summed E-state index contributed by atoms with van der Waals surface area (Å²) in [5.41, 5.74) is 2.51. The Kier molecular flexibility index (Phi) is 4.30. The van der Waals surface area contributed by atoms with E-state index in [1.165, 1.54) is 38.5 Å². The van der Waals surface area contributed by atoms with Gasteiger partial charge >= 0.3 is 0 Å². The standard InChI is InChI=1S/C22H33BrO/c1-14-8-10-21(2)15(12-14)4-5-16-17-6-7-19(20(24)13-23)22(17,3)11-9-18(16)21/h9,14-17,19H,4-8,10-13H2,1-3H3. The minimum Gasteiger partial charge on any atom is -0.298 e. The lowest BCUT2D eigenvalue weighted by Gasteiger charge is -2.57. The monoisotopic (exact) mass is 392 g/mol. The molecule has 2 heteroatoms. The minimum atomic E-state index is 0.226. The third kappa shape index (κ3) is 2.34. The topological polar surface area (TPSA) is 17.1 Å². The van der Waals surface area contributed by atoms with Crippen molar-refractivity contribution in [3.8, 4) is 0 Å². The average Bonchev–Trinajstić information content (AvgIpc) is 2.92. The van der Waals surface area contributed by atoms with E-state index in [1.54, 1.807) is 0 Å². The van der Waals surface area contributed by atoms with Crippen LogP contribution in [0.1, 0.15) is 72.1 Å². The Morgan fingerprint density at radius 2 is 2.00 bits per heavy atom. The summed E-state index contributed by atoms with van der Waals surface area (Å²) in [7, 11) is 0. The number of rotatable bonds is 2. The van der Waals surface area contributed by atoms with Crippen LogP contribution in [0.3, 0.4) is 0 Å². The van der Waals surface area contributed by atoms with Gasteiger partial charge in [-0.25, -0.2) is 0 Å². The highest BCUT2D eigenvalue weighted by atomic mass is 79.9. The number of Topliss-reactive ketones (excluding diaryl/α,β-unsaturated/α-hetero) is 1. The number of hydrogen-bond acceptors (Lipinski definition) is 1. The summed E-state index contributed by atoms with van der Waals surface area (Å²) in [6.45, 7) is 7.46. The highest BCUT2D eigenvalue weighted by Gasteiger charge is 2.57. The second-order valence-electron chi connectivity index (χ2n) is 9.88. The molecule has 0 bridgehead atoms. The van der Waals surface area contributed by atoms with Gasteiger partial charge in [0.05, 0.1) is 5.33 Å². The third-order valence-electron chi connectivity index (χ3n) is 8.81. The van der Waals surface area contributed by atoms with Crippen molar-refractivity contribution in [1.82, 2.24) is 0 Å². The molecule has 0 N–H and O–H groups in total. The number of alkyl halides is 1. The van der Waals surface area contributed by atoms with E-state index in [9.17, 15) is 4.79 Å². The van der Waals surface area contributed by atoms with E-state index >= 15 is 0 Å². The van der Waals surface area contributed by atoms with Crippen molar-refractivity contribution in [3.05, 3.63) is 11.6 Å². The van der Waals surface area contributed by atoms with E-state index in [2.05, 4.69) is 42.8 Å². The number of allylic oxidation sites excluding steroid dienone is 2. The van der Waals surface area contributed by atoms with Gasteiger partial charge in [0.15, 0.2) is 0 Å². The molecule has 4 aliphatic rings. The molecule has 7 unspecified atom stereocenters. The average molecular weight is 393 g/mol. The Morgan fingerprint density at radius 3 is 2.75 bits per heavy atom. The molecule has 134 valence electrons. The molecule has 3 fully saturated rings. The molecule has 1 nitrogen and oxygen atoms in total. The van der Waals surface area contributed by atoms with Crippen molar-refractivity contribution in [2.24, 2.45) is 40.4 Å². The van der Waals surface area contributed by atoms with Gasteiger partial charge in [0.25, 0.3) is 0 Å². The van der Waals surface area contributed by atoms with Crippen LogP contribution in [-0.4, -0.2) is 11.1 Å². The van der Waals surface area contributed by atoms with E-state index in [1.807, 2.05) is 5.57 Å². The lowest BCUT2D eigenvalue weighted by atomic mass is 9.48. The van der Waals surface area contributed by atoms with E-state index < -0.39 is 0 Å². The summed E-state index contributed by atoms with van der Waals surface area (Å²) in [5, 5.41) is 0.541. The van der Waals surface area contributed by atoms with E-state index in [4.69, 9.17) is 0 Å². The van der Waals surface area contributed by atoms with Crippen molar-refractivity contribution >= 4 is 21.7 Å². The fourth-order valence-electron chi connectivity index (χ4n) is 7.36. The molecular weight excluding hydrogens is 360 g/mol. The Balaban J connectivity index is 1.66. The van der Waals surface area contributed by atoms with E-state index in [-0.39, 0.29) is 11.3 Å². The predicted molar refractivity (Wildman–Crippen MR) is 103 cm³/mol. The lowest BCUT2D eigenvalue weighted by molar-refractivity contribution is -0.124. The molecule has 4 aliphatic carbocycles. The number of hydrogen-bond donors (Lipinski definition) is 0. The number of halogens is 1. The molecule has 0 spiro atoms. The number of carbonyl (C=O) groups is 1. The van der Waals surface area contributed by atoms with Crippen LogP contribution in [0.4, 0.5) is 0 Å². The van der Waals surface area contributed by atoms with Crippen LogP contribution >= 0.6 is 15.9 Å². The van der Waals surface area contributed by atoms with Crippen molar-refractivity contribution in [3.63, 3.8) is 0 Å². The van der Waals surface area contributed by atoms with Gasteiger partial charge in [-0.3, -0.25) is 4.79 Å². The number of carbonyl (C=O) groups excluding carboxylic acids is 1. The normalized spacial score (nSPS) is 50.5. The molecule has 0 aliphatic heterocycles. The van der Waals surface area contributed by atoms with Gasteiger partial charge in [-0.15, -0.1) is 0 Å². The molecule has 24 heavy (non-hydrogen) atoms. The first kappa shape index (κ1) is 17.3. The molecule has 0 saturated heterocycles. The molecule has 3 saturated carbocycles. The van der Waals surface area contributed by atoms with Gasteiger partial charge in [-0.2, -0.15) is 0 Å². The van der Waals surface area contributed by atoms with Gasteiger partial charge in [-0.05, 0) is 85.9 Å². The quantitative estimate of drug-likeness (QED) is 0.405. The smallest absolute Gasteiger partial charge is 0.147 e. The zero-order chi connectivity index (χ0) is 17.1. The summed E-state index contributed by atoms with van der Waals surface area (Å²) >= 11 is 3.43. The highest BCUT2D eigenvalue weighted by molar-refractivity contribution is 9.09. The van der Waals surface area contributed by atoms with Gasteiger partial charge in [0.1, 0.15) is 5.78 Å². The van der Waals surface area contributed by atoms with Crippen molar-refractivity contribution in [1.29, 1.82) is 0 Å². The first-order valence-corrected chi connectivity index (χ1v) is 11.3. The molecule has 4 rings (SSSR count). The van der Waals surface area contributed by atoms with Crippen LogP contribution in [-0.2, 0) is 4.79 Å². The summed E-state index contributed by atoms with van der Waals surface area (Å²) in [6.07, 6.45) is 13.2. The van der Waals surface area contributed by atoms with Crippen LogP contribution < -0.4 is 0 Å². The Hall–Kier alpha value is -0.110. The molecule has 0 aromatic carbocycles. The maximum atomic E-state index is 12.5. The SMILES string of the molecule is CC1CCC2(C)C3=CCC4(C)C(C(=O)CBr)CCC4C3CCC2C1. The molecule has 0 aromatic rings. The maximum Gasteiger partial charge on any atom is 0.147 e. The first-order chi connectivity index (χ1) is 11.4. The Labute approximate surface area is 156 Å². The van der Waals surface area contributed by atoms with Crippen LogP contribution in [0, 0.1) is 40.4 Å². The predicted octanol–water partition coefficient (Wildman–Crippen LogP) is 6.17. The zero-order valence-electron chi connectivity index (χ0n) is 15.6. The first-order valence-electron chi connectivity index (χ1n) is 10.2. The number of ketones is 1. The second kappa shape index (κ2) is 5.96. The second-order valence-corrected chi connectivity index (χ2v) is 10.4. The van der Waals surface area contributed by atoms with Gasteiger partial charge < -0.3 is 0 Å². The van der Waals surface area contributed by atoms with Crippen molar-refractivity contribution in [2.75, 3.05) is 5.33 Å². The summed E-state index contributed by atoms with van der Waals surface area (Å²) in [6, 6.07) is 0. The molecule has 0 amide bonds. The van der Waals surface area contributed by atoms with Gasteiger partial charge in [-0.1, -0.05) is 48.4 Å². The molecular formula is C22H33BrO. The highest BCUT2D eigenvalue weighted by Crippen LogP contribution is 2.65. The minimum absolute atomic E-state index is 0.226. The maximum absolute atomic E-state index is 12.5. The van der Waals surface area contributed by atoms with Crippen molar-refractivity contribution in [2.45, 2.75) is 72.1 Å². The van der Waals surface area contributed by atoms with Crippen LogP contribution in [0.5, 0.6) is 0 Å². The van der Waals surface area contributed by atoms with Crippen LogP contribution in [0.15, 0.2) is 11.6 Å². The van der Waals surface area contributed by atoms with Crippen LogP contribution in [0.25, 0.3) is 0 Å². The fourth-order valence-corrected chi connectivity index (χ4v) is 7.75. The van der Waals surface area contributed by atoms with E-state index in [0.717, 1.165) is 36.5 Å². The Morgan fingerprint density at radius 1 is 1.21 bits per heavy atom. The number of fused-ring (bicyclic) bond motifs is 5. The third-order valence-corrected chi connectivity index (χ3v) is 9.36. The molecule has 0 aromatic heterocycles. The summed E-state index contributed by atoms with van der Waals surface area (Å²) in [4.78, 5) is 12.5. The fraction of sp³-hybridized carbons (Fsp3) is 0.864. The lowest BCUT2D eigenvalue weighted by Crippen LogP contribution is -2.48. The summed E-state index contributed by atoms with van der Waals surface area (Å²) < 4.78 is 0. The largest absolute Gasteiger partial charge is 0.298 e. The van der Waals surface area contributed by atoms with Gasteiger partial charge in [0, 0.05) is 5.92 Å². The van der Waals surface area contributed by atoms with Crippen molar-refractivity contribution < 1.29 is 4.79 Å². The Bertz CT molecular complexity index is 566. The van der Waals surface area contributed by atoms with E-state index in [0.29, 0.717) is 16.5 Å². The zero-order valence-corrected chi connectivity index (χ0v) is 17.2. The van der Waals surface area contributed by atoms with Gasteiger partial charge in [0.2, 0.25) is 0 Å². The summed E-state index contributed by atoms with van der Waals surface area (Å²) in [5.74, 6) is 4.09. The van der Waals surface area contributed by atoms with Crippen LogP contribution in [0.2, 0.25) is 0 Å². The molecule has 7 atom stereocenters. The molecule has 0 radical (unpaired) electrons.